The van der Waals surface area contributed by atoms with E-state index in [1.165, 1.54) is 9.80 Å². The molecule has 5 atom stereocenters. The zero-order valence-corrected chi connectivity index (χ0v) is 33.5. The van der Waals surface area contributed by atoms with E-state index in [1.54, 1.807) is 27.9 Å². The van der Waals surface area contributed by atoms with Gasteiger partial charge in [0.25, 0.3) is 5.91 Å². The van der Waals surface area contributed by atoms with E-state index in [2.05, 4.69) is 10.0 Å². The molecule has 1 spiro atoms. The van der Waals surface area contributed by atoms with Crippen molar-refractivity contribution in [1.29, 1.82) is 0 Å². The van der Waals surface area contributed by atoms with Crippen LogP contribution in [0.25, 0.3) is 10.9 Å². The average Bonchev–Trinajstić information content (AvgIpc) is 4.09. The highest BCUT2D eigenvalue weighted by atomic mass is 32.2. The summed E-state index contributed by atoms with van der Waals surface area (Å²) in [4.78, 5) is 64.2. The lowest BCUT2D eigenvalue weighted by Crippen LogP contribution is -2.59. The maximum Gasteiger partial charge on any atom is 0.408 e. The van der Waals surface area contributed by atoms with Crippen LogP contribution in [0.15, 0.2) is 30.4 Å². The molecule has 8 rings (SSSR count). The van der Waals surface area contributed by atoms with Gasteiger partial charge in [-0.1, -0.05) is 25.0 Å². The second-order valence-corrected chi connectivity index (χ2v) is 19.7. The summed E-state index contributed by atoms with van der Waals surface area (Å²) in [6.07, 6.45) is 9.91. The molecule has 0 radical (unpaired) electrons. The van der Waals surface area contributed by atoms with Crippen LogP contribution in [-0.4, -0.2) is 99.8 Å². The number of carbonyl (C=O) groups is 4. The first-order chi connectivity index (χ1) is 26.6. The molecule has 4 heterocycles. The Bertz CT molecular complexity index is 2110. The normalized spacial score (nSPS) is 30.5. The summed E-state index contributed by atoms with van der Waals surface area (Å²) >= 11 is 0. The van der Waals surface area contributed by atoms with E-state index in [0.29, 0.717) is 50.0 Å². The number of hydrogen-bond acceptors (Lipinski definition) is 9. The van der Waals surface area contributed by atoms with Crippen molar-refractivity contribution in [2.45, 2.75) is 144 Å². The van der Waals surface area contributed by atoms with Gasteiger partial charge in [0.05, 0.1) is 29.6 Å². The zero-order valence-electron chi connectivity index (χ0n) is 32.6. The van der Waals surface area contributed by atoms with Gasteiger partial charge in [-0.15, -0.1) is 0 Å². The molecule has 3 N–H and O–H groups in total. The van der Waals surface area contributed by atoms with Crippen molar-refractivity contribution >= 4 is 44.7 Å². The third-order valence-corrected chi connectivity index (χ3v) is 15.2. The Morgan fingerprint density at radius 1 is 1.11 bits per heavy atom. The predicted molar refractivity (Wildman–Crippen MR) is 207 cm³/mol. The smallest absolute Gasteiger partial charge is 0.408 e. The number of nitrogens with zero attached hydrogens (tertiary/aromatic N) is 3. The fraction of sp³-hybridized carbons (Fsp3) is 0.634. The van der Waals surface area contributed by atoms with Crippen LogP contribution in [0.3, 0.4) is 0 Å². The van der Waals surface area contributed by atoms with Crippen molar-refractivity contribution in [2.24, 2.45) is 5.92 Å². The number of pyridine rings is 1. The van der Waals surface area contributed by atoms with Crippen molar-refractivity contribution in [2.75, 3.05) is 13.7 Å². The SMILES string of the molecule is COc1ccc2c3c(c(C4CC4)nc2c1)O[C@]1(CC3)C[C@H]2C(=O)N[C@]3(C(=O)NS(=O)(=O)C4(C)CC4)C[C@H]3/C=C\CCCCC[C@H](N(C(=O)O)C(C)C)C(=O)N2C1. The van der Waals surface area contributed by atoms with E-state index >= 15 is 0 Å². The molecular weight excluding hydrogens is 739 g/mol. The van der Waals surface area contributed by atoms with Gasteiger partial charge in [-0.2, -0.15) is 0 Å². The number of fused-ring (bicyclic) bond motifs is 5. The van der Waals surface area contributed by atoms with Crippen LogP contribution in [0, 0.1) is 5.92 Å². The Hall–Kier alpha value is -4.40. The van der Waals surface area contributed by atoms with Gasteiger partial charge in [-0.05, 0) is 97.1 Å². The van der Waals surface area contributed by atoms with Crippen molar-refractivity contribution in [3.05, 3.63) is 41.6 Å². The van der Waals surface area contributed by atoms with Gasteiger partial charge in [0.1, 0.15) is 34.7 Å². The van der Waals surface area contributed by atoms with E-state index in [-0.39, 0.29) is 31.7 Å². The first kappa shape index (κ1) is 38.5. The van der Waals surface area contributed by atoms with Crippen molar-refractivity contribution in [3.63, 3.8) is 0 Å². The highest BCUT2D eigenvalue weighted by Gasteiger charge is 2.64. The van der Waals surface area contributed by atoms with Crippen LogP contribution in [-0.2, 0) is 30.8 Å². The lowest BCUT2D eigenvalue weighted by Gasteiger charge is -2.38. The van der Waals surface area contributed by atoms with Crippen LogP contribution in [0.1, 0.15) is 115 Å². The number of amides is 4. The summed E-state index contributed by atoms with van der Waals surface area (Å²) in [6, 6.07) is 3.13. The Kier molecular flexibility index (Phi) is 9.56. The molecule has 0 bridgehead atoms. The van der Waals surface area contributed by atoms with E-state index in [0.717, 1.165) is 47.8 Å². The van der Waals surface area contributed by atoms with Gasteiger partial charge in [0, 0.05) is 41.3 Å². The second-order valence-electron chi connectivity index (χ2n) is 17.5. The number of benzene rings is 1. The number of aryl methyl sites for hydroxylation is 1. The average molecular weight is 792 g/mol. The number of carbonyl (C=O) groups excluding carboxylic acids is 3. The van der Waals surface area contributed by atoms with E-state index in [1.807, 2.05) is 30.4 Å². The maximum atomic E-state index is 15.0. The molecule has 1 saturated heterocycles. The van der Waals surface area contributed by atoms with E-state index in [4.69, 9.17) is 14.5 Å². The number of nitrogens with one attached hydrogen (secondary N) is 2. The van der Waals surface area contributed by atoms with Crippen molar-refractivity contribution in [3.8, 4) is 11.5 Å². The molecule has 3 aliphatic carbocycles. The Morgan fingerprint density at radius 3 is 2.55 bits per heavy atom. The lowest BCUT2D eigenvalue weighted by atomic mass is 9.86. The van der Waals surface area contributed by atoms with Gasteiger partial charge in [-0.25, -0.2) is 18.2 Å². The minimum atomic E-state index is -4.00. The topological polar surface area (TPSA) is 185 Å². The van der Waals surface area contributed by atoms with Gasteiger partial charge >= 0.3 is 6.09 Å². The molecule has 4 fully saturated rings. The van der Waals surface area contributed by atoms with Gasteiger partial charge in [0.2, 0.25) is 21.8 Å². The molecule has 6 aliphatic rings. The number of sulfonamides is 1. The van der Waals surface area contributed by atoms with Crippen molar-refractivity contribution < 1.29 is 42.2 Å². The molecule has 15 heteroatoms. The second kappa shape index (κ2) is 13.9. The number of carboxylic acid groups (broad SMARTS) is 1. The van der Waals surface area contributed by atoms with E-state index in [9.17, 15) is 32.7 Å². The first-order valence-electron chi connectivity index (χ1n) is 20.2. The maximum absolute atomic E-state index is 15.0. The molecule has 0 unspecified atom stereocenters. The molecule has 14 nitrogen and oxygen atoms in total. The standard InChI is InChI=1S/C41H53N5O9S/c1-24(2)46(38(50)51)31-11-9-7-5-6-8-10-26-21-41(26,37(49)44-56(52,53)39(3)18-19-39)43-35(47)32-22-40(23-45(32)36(31)48)17-16-29-28-15-14-27(54-4)20-30(28)42-33(25-12-13-25)34(29)55-40/h8,10,14-15,20,24-26,31-32H,5-7,9,11-13,16-19,21-23H2,1-4H3,(H,43,47)(H,44,49)(H,50,51)/b10-8-/t26-,31+,32+,40-,41-/m1/s1. The molecule has 4 amide bonds. The Morgan fingerprint density at radius 2 is 1.88 bits per heavy atom. The Labute approximate surface area is 327 Å². The lowest BCUT2D eigenvalue weighted by molar-refractivity contribution is -0.144. The number of hydrogen-bond donors (Lipinski definition) is 3. The molecule has 3 saturated carbocycles. The minimum Gasteiger partial charge on any atom is -0.497 e. The Balaban J connectivity index is 1.17. The molecule has 3 aliphatic heterocycles. The molecular formula is C41H53N5O9S. The van der Waals surface area contributed by atoms with Crippen LogP contribution in [0.5, 0.6) is 11.5 Å². The molecule has 302 valence electrons. The summed E-state index contributed by atoms with van der Waals surface area (Å²) < 4.78 is 40.3. The third kappa shape index (κ3) is 6.76. The summed E-state index contributed by atoms with van der Waals surface area (Å²) in [6.45, 7) is 5.10. The zero-order chi connectivity index (χ0) is 39.8. The number of rotatable bonds is 7. The molecule has 56 heavy (non-hydrogen) atoms. The molecule has 1 aromatic carbocycles. The molecule has 1 aromatic heterocycles. The summed E-state index contributed by atoms with van der Waals surface area (Å²) in [5.41, 5.74) is 0.167. The molecule has 2 aromatic rings. The number of aromatic nitrogens is 1. The fourth-order valence-electron chi connectivity index (χ4n) is 9.12. The quantitative estimate of drug-likeness (QED) is 0.325. The van der Waals surface area contributed by atoms with Crippen LogP contribution in [0.4, 0.5) is 4.79 Å². The fourth-order valence-corrected chi connectivity index (χ4v) is 10.4. The summed E-state index contributed by atoms with van der Waals surface area (Å²) in [5.74, 6) is -0.705. The monoisotopic (exact) mass is 791 g/mol. The minimum absolute atomic E-state index is 0.0332. The van der Waals surface area contributed by atoms with Gasteiger partial charge in [-0.3, -0.25) is 24.0 Å². The predicted octanol–water partition coefficient (Wildman–Crippen LogP) is 4.94. The number of ether oxygens (including phenoxy) is 2. The van der Waals surface area contributed by atoms with Crippen molar-refractivity contribution in [1.82, 2.24) is 24.8 Å². The highest BCUT2D eigenvalue weighted by molar-refractivity contribution is 7.91. The van der Waals surface area contributed by atoms with Gasteiger partial charge in [0.15, 0.2) is 0 Å². The van der Waals surface area contributed by atoms with Crippen LogP contribution < -0.4 is 19.5 Å². The summed E-state index contributed by atoms with van der Waals surface area (Å²) in [5, 5.41) is 14.3. The van der Waals surface area contributed by atoms with Crippen LogP contribution in [0.2, 0.25) is 0 Å². The van der Waals surface area contributed by atoms with E-state index < -0.39 is 73.8 Å². The first-order valence-corrected chi connectivity index (χ1v) is 21.7. The van der Waals surface area contributed by atoms with Crippen LogP contribution >= 0.6 is 0 Å². The largest absolute Gasteiger partial charge is 0.497 e. The number of allylic oxidation sites excluding steroid dienone is 1. The summed E-state index contributed by atoms with van der Waals surface area (Å²) in [7, 11) is -2.38. The number of methoxy groups -OCH3 is 1. The highest BCUT2D eigenvalue weighted by Crippen LogP contribution is 2.52. The van der Waals surface area contributed by atoms with Gasteiger partial charge < -0.3 is 24.8 Å². The third-order valence-electron chi connectivity index (χ3n) is 13.1.